The van der Waals surface area contributed by atoms with Crippen LogP contribution in [0.15, 0.2) is 170 Å². The quantitative estimate of drug-likeness (QED) is 0.179. The highest BCUT2D eigenvalue weighted by Crippen LogP contribution is 2.42. The second-order valence-electron chi connectivity index (χ2n) is 11.7. The molecule has 0 aliphatic rings. The lowest BCUT2D eigenvalue weighted by Gasteiger charge is -2.13. The largest absolute Gasteiger partial charge is 0.135 e. The molecule has 0 aliphatic heterocycles. The summed E-state index contributed by atoms with van der Waals surface area (Å²) < 4.78 is 0. The van der Waals surface area contributed by atoms with Crippen LogP contribution in [0, 0.1) is 0 Å². The van der Waals surface area contributed by atoms with Crippen molar-refractivity contribution >= 4 is 54.4 Å². The smallest absolute Gasteiger partial charge is 0.0349 e. The van der Waals surface area contributed by atoms with Crippen LogP contribution in [-0.2, 0) is 0 Å². The normalized spacial score (nSPS) is 11.6. The zero-order valence-electron chi connectivity index (χ0n) is 24.6. The molecule has 9 rings (SSSR count). The molecule has 0 saturated carbocycles. The van der Waals surface area contributed by atoms with Crippen LogP contribution < -0.4 is 0 Å². The van der Waals surface area contributed by atoms with Crippen molar-refractivity contribution in [2.75, 3.05) is 0 Å². The van der Waals surface area contributed by atoms with E-state index in [0.717, 1.165) is 0 Å². The molecule has 1 heteroatoms. The van der Waals surface area contributed by atoms with Gasteiger partial charge in [-0.05, 0) is 113 Å². The van der Waals surface area contributed by atoms with Crippen molar-refractivity contribution in [2.45, 2.75) is 0 Å². The van der Waals surface area contributed by atoms with Crippen LogP contribution in [-0.4, -0.2) is 0 Å². The zero-order valence-corrected chi connectivity index (χ0v) is 25.4. The molecule has 0 N–H and O–H groups in total. The molecule has 0 unspecified atom stereocenters. The Kier molecular flexibility index (Phi) is 6.11. The summed E-state index contributed by atoms with van der Waals surface area (Å²) in [6.07, 6.45) is 0. The number of hydrogen-bond donors (Lipinski definition) is 0. The minimum absolute atomic E-state index is 1.25. The van der Waals surface area contributed by atoms with E-state index in [-0.39, 0.29) is 0 Å². The van der Waals surface area contributed by atoms with Crippen molar-refractivity contribution in [1.29, 1.82) is 0 Å². The maximum atomic E-state index is 2.36. The molecule has 210 valence electrons. The summed E-state index contributed by atoms with van der Waals surface area (Å²) in [5.41, 5.74) is 7.60. The fourth-order valence-electron chi connectivity index (χ4n) is 6.95. The predicted molar refractivity (Wildman–Crippen MR) is 196 cm³/mol. The van der Waals surface area contributed by atoms with Gasteiger partial charge in [0.15, 0.2) is 0 Å². The standard InChI is InChI=1S/C44H28S/c1-5-19-37-29(11-1)25-30-12-2-6-20-38(30)43(37)35-17-9-15-33(27-35)41-23-24-42(45-41)34-16-10-18-36(28-34)44-39-21-7-3-13-31(39)26-32-14-4-8-22-40(32)44/h1-28H. The minimum atomic E-state index is 1.25. The predicted octanol–water partition coefficient (Wildman–Crippen LogP) is 13.0. The van der Waals surface area contributed by atoms with Crippen molar-refractivity contribution in [2.24, 2.45) is 0 Å². The molecule has 0 bridgehead atoms. The Morgan fingerprint density at radius 2 is 0.600 bits per heavy atom. The van der Waals surface area contributed by atoms with Crippen molar-refractivity contribution in [3.63, 3.8) is 0 Å². The summed E-state index contributed by atoms with van der Waals surface area (Å²) in [7, 11) is 0. The van der Waals surface area contributed by atoms with Gasteiger partial charge in [0.25, 0.3) is 0 Å². The van der Waals surface area contributed by atoms with Gasteiger partial charge < -0.3 is 0 Å². The molecule has 0 saturated heterocycles. The number of thiophene rings is 1. The Labute approximate surface area is 266 Å². The van der Waals surface area contributed by atoms with E-state index in [1.165, 1.54) is 86.2 Å². The Morgan fingerprint density at radius 3 is 0.978 bits per heavy atom. The third-order valence-corrected chi connectivity index (χ3v) is 10.2. The van der Waals surface area contributed by atoms with E-state index in [9.17, 15) is 0 Å². The van der Waals surface area contributed by atoms with Gasteiger partial charge >= 0.3 is 0 Å². The van der Waals surface area contributed by atoms with Crippen molar-refractivity contribution in [1.82, 2.24) is 0 Å². The van der Waals surface area contributed by atoms with Gasteiger partial charge in [0.1, 0.15) is 0 Å². The lowest BCUT2D eigenvalue weighted by atomic mass is 9.91. The highest BCUT2D eigenvalue weighted by Gasteiger charge is 2.14. The highest BCUT2D eigenvalue weighted by molar-refractivity contribution is 7.18. The lowest BCUT2D eigenvalue weighted by Crippen LogP contribution is -1.86. The van der Waals surface area contributed by atoms with Gasteiger partial charge in [-0.2, -0.15) is 0 Å². The molecular formula is C44H28S. The van der Waals surface area contributed by atoms with Crippen molar-refractivity contribution in [3.8, 4) is 43.1 Å². The summed E-state index contributed by atoms with van der Waals surface area (Å²) in [6, 6.07) is 62.2. The van der Waals surface area contributed by atoms with Crippen LogP contribution in [0.3, 0.4) is 0 Å². The molecule has 9 aromatic rings. The Balaban J connectivity index is 1.14. The molecular weight excluding hydrogens is 561 g/mol. The van der Waals surface area contributed by atoms with E-state index in [2.05, 4.69) is 170 Å². The van der Waals surface area contributed by atoms with Crippen LogP contribution in [0.1, 0.15) is 0 Å². The molecule has 1 heterocycles. The average molecular weight is 589 g/mol. The minimum Gasteiger partial charge on any atom is -0.135 e. The van der Waals surface area contributed by atoms with E-state index in [1.54, 1.807) is 0 Å². The Morgan fingerprint density at radius 1 is 0.267 bits per heavy atom. The lowest BCUT2D eigenvalue weighted by molar-refractivity contribution is 1.66. The molecule has 0 atom stereocenters. The van der Waals surface area contributed by atoms with E-state index in [4.69, 9.17) is 0 Å². The fraction of sp³-hybridized carbons (Fsp3) is 0. The molecule has 0 amide bonds. The summed E-state index contributed by atoms with van der Waals surface area (Å²) in [4.78, 5) is 2.55. The number of fused-ring (bicyclic) bond motifs is 4. The maximum Gasteiger partial charge on any atom is 0.0349 e. The van der Waals surface area contributed by atoms with E-state index in [0.29, 0.717) is 0 Å². The Hall–Kier alpha value is -5.50. The maximum absolute atomic E-state index is 2.36. The zero-order chi connectivity index (χ0) is 29.7. The molecule has 0 spiro atoms. The topological polar surface area (TPSA) is 0 Å². The summed E-state index contributed by atoms with van der Waals surface area (Å²) in [6.45, 7) is 0. The molecule has 0 radical (unpaired) electrons. The molecule has 0 aliphatic carbocycles. The summed E-state index contributed by atoms with van der Waals surface area (Å²) in [5, 5.41) is 10.2. The molecule has 8 aromatic carbocycles. The highest BCUT2D eigenvalue weighted by atomic mass is 32.1. The molecule has 1 aromatic heterocycles. The second kappa shape index (κ2) is 10.6. The SMILES string of the molecule is c1cc(-c2ccc(-c3cccc(-c4c5ccccc5cc5ccccc45)c3)s2)cc(-c2c3ccccc3cc3ccccc23)c1. The van der Waals surface area contributed by atoms with Crippen LogP contribution in [0.5, 0.6) is 0 Å². The fourth-order valence-corrected chi connectivity index (χ4v) is 7.95. The van der Waals surface area contributed by atoms with Gasteiger partial charge in [-0.1, -0.05) is 133 Å². The average Bonchev–Trinajstić information content (AvgIpc) is 3.60. The first kappa shape index (κ1) is 25.9. The van der Waals surface area contributed by atoms with Crippen LogP contribution in [0.4, 0.5) is 0 Å². The first-order valence-electron chi connectivity index (χ1n) is 15.4. The first-order valence-corrected chi connectivity index (χ1v) is 16.2. The van der Waals surface area contributed by atoms with E-state index in [1.807, 2.05) is 11.3 Å². The second-order valence-corrected chi connectivity index (χ2v) is 12.8. The Bertz CT molecular complexity index is 2260. The molecule has 45 heavy (non-hydrogen) atoms. The van der Waals surface area contributed by atoms with Crippen LogP contribution in [0.25, 0.3) is 86.2 Å². The molecule has 0 fully saturated rings. The number of rotatable bonds is 4. The third kappa shape index (κ3) is 4.44. The molecule has 0 nitrogen and oxygen atoms in total. The van der Waals surface area contributed by atoms with E-state index >= 15 is 0 Å². The van der Waals surface area contributed by atoms with E-state index < -0.39 is 0 Å². The summed E-state index contributed by atoms with van der Waals surface area (Å²) in [5.74, 6) is 0. The number of hydrogen-bond acceptors (Lipinski definition) is 1. The van der Waals surface area contributed by atoms with Crippen LogP contribution >= 0.6 is 11.3 Å². The first-order chi connectivity index (χ1) is 22.3. The van der Waals surface area contributed by atoms with Crippen LogP contribution in [0.2, 0.25) is 0 Å². The van der Waals surface area contributed by atoms with Crippen molar-refractivity contribution < 1.29 is 0 Å². The van der Waals surface area contributed by atoms with Crippen molar-refractivity contribution in [3.05, 3.63) is 170 Å². The number of benzene rings is 8. The van der Waals surface area contributed by atoms with Gasteiger partial charge in [0, 0.05) is 9.75 Å². The summed E-state index contributed by atoms with van der Waals surface area (Å²) >= 11 is 1.86. The van der Waals surface area contributed by atoms with Gasteiger partial charge in [-0.25, -0.2) is 0 Å². The monoisotopic (exact) mass is 588 g/mol. The van der Waals surface area contributed by atoms with Gasteiger partial charge in [0.2, 0.25) is 0 Å². The third-order valence-electron chi connectivity index (χ3n) is 9.02. The van der Waals surface area contributed by atoms with Gasteiger partial charge in [0.05, 0.1) is 0 Å². The van der Waals surface area contributed by atoms with Gasteiger partial charge in [-0.15, -0.1) is 11.3 Å². The van der Waals surface area contributed by atoms with Gasteiger partial charge in [-0.3, -0.25) is 0 Å².